The molecule has 0 spiro atoms. The predicted molar refractivity (Wildman–Crippen MR) is 105 cm³/mol. The first kappa shape index (κ1) is 20.6. The van der Waals surface area contributed by atoms with E-state index in [4.69, 9.17) is 11.6 Å². The van der Waals surface area contributed by atoms with Crippen molar-refractivity contribution in [3.05, 3.63) is 62.1 Å². The molecule has 2 N–H and O–H groups in total. The molecule has 32 heavy (non-hydrogen) atoms. The number of aromatic amines is 1. The van der Waals surface area contributed by atoms with E-state index < -0.39 is 66.0 Å². The Hall–Kier alpha value is -3.32. The molecule has 14 heteroatoms. The topological polar surface area (TPSA) is 127 Å². The van der Waals surface area contributed by atoms with Crippen molar-refractivity contribution in [2.24, 2.45) is 0 Å². The highest BCUT2D eigenvalue weighted by molar-refractivity contribution is 7.91. The van der Waals surface area contributed by atoms with Crippen molar-refractivity contribution < 1.29 is 26.8 Å². The van der Waals surface area contributed by atoms with Crippen LogP contribution in [-0.4, -0.2) is 39.0 Å². The van der Waals surface area contributed by atoms with Gasteiger partial charge in [-0.15, -0.1) is 0 Å². The summed E-state index contributed by atoms with van der Waals surface area (Å²) in [6, 6.07) is 2.39. The van der Waals surface area contributed by atoms with Gasteiger partial charge in [0.2, 0.25) is 9.84 Å². The SMILES string of the molecule is O=c1[nH]c2c(S(=O)(=O)c3cc(F)c4cnn([C@@H]5CC5(F)F)c4c3)ccc(Cl)c2c(=O)n1O. The number of benzene rings is 2. The third kappa shape index (κ3) is 2.77. The summed E-state index contributed by atoms with van der Waals surface area (Å²) >= 11 is 5.95. The van der Waals surface area contributed by atoms with Crippen LogP contribution in [0.2, 0.25) is 5.02 Å². The normalized spacial score (nSPS) is 17.8. The number of hydrogen-bond donors (Lipinski definition) is 2. The van der Waals surface area contributed by atoms with E-state index in [9.17, 15) is 36.4 Å². The van der Waals surface area contributed by atoms with Crippen molar-refractivity contribution in [2.45, 2.75) is 28.2 Å². The van der Waals surface area contributed by atoms with Crippen LogP contribution in [0.1, 0.15) is 12.5 Å². The summed E-state index contributed by atoms with van der Waals surface area (Å²) in [5, 5.41) is 12.4. The quantitative estimate of drug-likeness (QED) is 0.428. The average molecular weight is 487 g/mol. The Morgan fingerprint density at radius 3 is 2.59 bits per heavy atom. The van der Waals surface area contributed by atoms with E-state index in [0.717, 1.165) is 29.1 Å². The first-order valence-electron chi connectivity index (χ1n) is 8.90. The molecule has 0 amide bonds. The van der Waals surface area contributed by atoms with Crippen molar-refractivity contribution in [1.29, 1.82) is 0 Å². The van der Waals surface area contributed by atoms with Gasteiger partial charge >= 0.3 is 5.69 Å². The standard InChI is InChI=1S/C18H10ClF3N4O5S/c19-9-1-2-12(15-14(9)16(27)26(29)17(28)24-15)32(30,31)7-3-10(20)8-6-23-25(11(8)4-7)13-5-18(13,21)22/h1-4,6,13,29H,5H2,(H,24,28)/t13-/m1/s1. The molecule has 1 atom stereocenters. The van der Waals surface area contributed by atoms with Crippen LogP contribution in [0.25, 0.3) is 21.8 Å². The highest BCUT2D eigenvalue weighted by Gasteiger charge is 2.59. The van der Waals surface area contributed by atoms with Crippen LogP contribution >= 0.6 is 11.6 Å². The van der Waals surface area contributed by atoms with Crippen LogP contribution in [0, 0.1) is 5.82 Å². The van der Waals surface area contributed by atoms with Gasteiger partial charge in [0.1, 0.15) is 11.9 Å². The summed E-state index contributed by atoms with van der Waals surface area (Å²) in [5.74, 6) is -4.05. The molecule has 9 nitrogen and oxygen atoms in total. The fraction of sp³-hybridized carbons (Fsp3) is 0.167. The minimum absolute atomic E-state index is 0.149. The van der Waals surface area contributed by atoms with Gasteiger partial charge in [-0.2, -0.15) is 5.10 Å². The lowest BCUT2D eigenvalue weighted by atomic mass is 10.2. The van der Waals surface area contributed by atoms with Gasteiger partial charge in [-0.3, -0.25) is 9.48 Å². The van der Waals surface area contributed by atoms with Crippen molar-refractivity contribution >= 4 is 43.2 Å². The number of nitrogens with one attached hydrogen (secondary N) is 1. The zero-order valence-corrected chi connectivity index (χ0v) is 17.1. The molecule has 1 aliphatic carbocycles. The minimum atomic E-state index is -4.60. The van der Waals surface area contributed by atoms with Gasteiger partial charge in [-0.25, -0.2) is 26.4 Å². The fourth-order valence-electron chi connectivity index (χ4n) is 3.55. The van der Waals surface area contributed by atoms with E-state index in [1.54, 1.807) is 0 Å². The van der Waals surface area contributed by atoms with Crippen LogP contribution in [-0.2, 0) is 9.84 Å². The van der Waals surface area contributed by atoms with E-state index in [2.05, 4.69) is 10.1 Å². The summed E-state index contributed by atoms with van der Waals surface area (Å²) in [6.07, 6.45) is 0.507. The number of fused-ring (bicyclic) bond motifs is 2. The Bertz CT molecular complexity index is 1690. The molecule has 2 aromatic heterocycles. The summed E-state index contributed by atoms with van der Waals surface area (Å²) in [5.41, 5.74) is -3.24. The maximum atomic E-state index is 14.7. The Kier molecular flexibility index (Phi) is 4.09. The number of nitrogens with zero attached hydrogens (tertiary/aromatic N) is 3. The van der Waals surface area contributed by atoms with Gasteiger partial charge in [-0.1, -0.05) is 16.3 Å². The maximum Gasteiger partial charge on any atom is 0.362 e. The summed E-state index contributed by atoms with van der Waals surface area (Å²) in [6.45, 7) is 0. The second-order valence-electron chi connectivity index (χ2n) is 7.25. The van der Waals surface area contributed by atoms with Crippen LogP contribution in [0.15, 0.2) is 49.8 Å². The third-order valence-electron chi connectivity index (χ3n) is 5.27. The number of H-pyrrole nitrogens is 1. The molecule has 0 bridgehead atoms. The van der Waals surface area contributed by atoms with Gasteiger partial charge in [-0.05, 0) is 24.3 Å². The molecule has 1 saturated carbocycles. The van der Waals surface area contributed by atoms with E-state index in [1.807, 2.05) is 0 Å². The Labute approximate surface area is 180 Å². The zero-order chi connectivity index (χ0) is 23.2. The van der Waals surface area contributed by atoms with Crippen molar-refractivity contribution in [1.82, 2.24) is 19.5 Å². The molecule has 1 fully saturated rings. The molecule has 0 aliphatic heterocycles. The van der Waals surface area contributed by atoms with Gasteiger partial charge in [0.05, 0.1) is 42.8 Å². The number of alkyl halides is 2. The molecular formula is C18H10ClF3N4O5S. The monoisotopic (exact) mass is 486 g/mol. The van der Waals surface area contributed by atoms with Crippen LogP contribution in [0.3, 0.4) is 0 Å². The first-order chi connectivity index (χ1) is 14.9. The van der Waals surface area contributed by atoms with Crippen LogP contribution in [0.4, 0.5) is 13.2 Å². The zero-order valence-electron chi connectivity index (χ0n) is 15.5. The molecule has 5 rings (SSSR count). The number of halogens is 4. The van der Waals surface area contributed by atoms with E-state index in [1.165, 1.54) is 0 Å². The largest absolute Gasteiger partial charge is 0.421 e. The lowest BCUT2D eigenvalue weighted by molar-refractivity contribution is 0.0992. The van der Waals surface area contributed by atoms with Crippen molar-refractivity contribution in [3.8, 4) is 0 Å². The molecule has 2 aromatic carbocycles. The molecule has 0 radical (unpaired) electrons. The summed E-state index contributed by atoms with van der Waals surface area (Å²) < 4.78 is 69.0. The lowest BCUT2D eigenvalue weighted by Gasteiger charge is -2.11. The van der Waals surface area contributed by atoms with E-state index in [-0.39, 0.29) is 20.7 Å². The summed E-state index contributed by atoms with van der Waals surface area (Å²) in [4.78, 5) is 24.9. The third-order valence-corrected chi connectivity index (χ3v) is 7.36. The number of aromatic nitrogens is 4. The van der Waals surface area contributed by atoms with E-state index in [0.29, 0.717) is 6.07 Å². The Balaban J connectivity index is 1.79. The minimum Gasteiger partial charge on any atom is -0.421 e. The second-order valence-corrected chi connectivity index (χ2v) is 9.58. The number of hydrogen-bond acceptors (Lipinski definition) is 6. The van der Waals surface area contributed by atoms with Gasteiger partial charge in [0, 0.05) is 6.42 Å². The number of sulfone groups is 1. The van der Waals surface area contributed by atoms with Gasteiger partial charge < -0.3 is 10.2 Å². The van der Waals surface area contributed by atoms with E-state index >= 15 is 0 Å². The Morgan fingerprint density at radius 2 is 1.94 bits per heavy atom. The maximum absolute atomic E-state index is 14.7. The molecular weight excluding hydrogens is 477 g/mol. The summed E-state index contributed by atoms with van der Waals surface area (Å²) in [7, 11) is -4.60. The van der Waals surface area contributed by atoms with Crippen LogP contribution in [0.5, 0.6) is 0 Å². The van der Waals surface area contributed by atoms with Gasteiger partial charge in [0.15, 0.2) is 0 Å². The molecule has 4 aromatic rings. The Morgan fingerprint density at radius 1 is 1.25 bits per heavy atom. The average Bonchev–Trinajstić information content (AvgIpc) is 3.14. The van der Waals surface area contributed by atoms with Crippen molar-refractivity contribution in [2.75, 3.05) is 0 Å². The van der Waals surface area contributed by atoms with Crippen molar-refractivity contribution in [3.63, 3.8) is 0 Å². The second kappa shape index (κ2) is 6.36. The predicted octanol–water partition coefficient (Wildman–Crippen LogP) is 2.48. The first-order valence-corrected chi connectivity index (χ1v) is 10.8. The smallest absolute Gasteiger partial charge is 0.362 e. The molecule has 2 heterocycles. The highest BCUT2D eigenvalue weighted by atomic mass is 35.5. The van der Waals surface area contributed by atoms with Gasteiger partial charge in [0.25, 0.3) is 11.5 Å². The van der Waals surface area contributed by atoms with Crippen LogP contribution < -0.4 is 11.2 Å². The highest BCUT2D eigenvalue weighted by Crippen LogP contribution is 2.53. The lowest BCUT2D eigenvalue weighted by Crippen LogP contribution is -2.33. The number of rotatable bonds is 3. The molecule has 0 unspecified atom stereocenters. The molecule has 166 valence electrons. The molecule has 1 aliphatic rings. The fourth-order valence-corrected chi connectivity index (χ4v) is 5.23. The molecule has 0 saturated heterocycles.